The van der Waals surface area contributed by atoms with Gasteiger partial charge in [0, 0.05) is 17.1 Å². The summed E-state index contributed by atoms with van der Waals surface area (Å²) in [5.74, 6) is 0.422. The molecular formula is C13H17BrN2O3. The predicted molar refractivity (Wildman–Crippen MR) is 77.7 cm³/mol. The van der Waals surface area contributed by atoms with E-state index < -0.39 is 6.09 Å². The fourth-order valence-electron chi connectivity index (χ4n) is 1.22. The van der Waals surface area contributed by atoms with Crippen LogP contribution in [0.5, 0.6) is 5.75 Å². The first-order chi connectivity index (χ1) is 9.17. The summed E-state index contributed by atoms with van der Waals surface area (Å²) >= 11 is 3.35. The molecule has 0 atom stereocenters. The number of benzene rings is 1. The van der Waals surface area contributed by atoms with Crippen LogP contribution in [0.2, 0.25) is 0 Å². The molecule has 0 saturated carbocycles. The number of nitrogens with zero attached hydrogens (tertiary/aromatic N) is 1. The van der Waals surface area contributed by atoms with Crippen LogP contribution in [0.25, 0.3) is 0 Å². The van der Waals surface area contributed by atoms with Gasteiger partial charge < -0.3 is 14.9 Å². The number of oxime groups is 1. The van der Waals surface area contributed by atoms with Crippen LogP contribution in [0.3, 0.4) is 0 Å². The van der Waals surface area contributed by atoms with Gasteiger partial charge in [-0.15, -0.1) is 0 Å². The fraction of sp³-hybridized carbons (Fsp3) is 0.385. The number of nitrogens with one attached hydrogen (secondary N) is 1. The molecule has 0 bridgehead atoms. The lowest BCUT2D eigenvalue weighted by molar-refractivity contribution is 0.142. The van der Waals surface area contributed by atoms with E-state index in [2.05, 4.69) is 33.3 Å². The van der Waals surface area contributed by atoms with Gasteiger partial charge in [-0.1, -0.05) is 34.4 Å². The molecule has 1 rings (SSSR count). The summed E-state index contributed by atoms with van der Waals surface area (Å²) in [6, 6.07) is 5.27. The lowest BCUT2D eigenvalue weighted by Crippen LogP contribution is -2.22. The van der Waals surface area contributed by atoms with Crippen molar-refractivity contribution < 1.29 is 14.4 Å². The maximum atomic E-state index is 11.2. The second-order valence-electron chi connectivity index (χ2n) is 3.74. The van der Waals surface area contributed by atoms with Crippen molar-refractivity contribution in [2.45, 2.75) is 19.8 Å². The molecule has 0 aliphatic carbocycles. The maximum absolute atomic E-state index is 11.2. The van der Waals surface area contributed by atoms with E-state index >= 15 is 0 Å². The highest BCUT2D eigenvalue weighted by atomic mass is 79.9. The standard InChI is InChI=1S/C13H17BrN2O3/c1-3-4-7-18-16-9-10-8-11(14)5-6-12(10)19-13(17)15-2/h5-6,8-9H,3-4,7H2,1-2H3,(H,15,17)/b16-9+. The third-order valence-corrected chi connectivity index (χ3v) is 2.73. The van der Waals surface area contributed by atoms with Crippen molar-refractivity contribution in [2.75, 3.05) is 13.7 Å². The number of carbonyl (C=O) groups excluding carboxylic acids is 1. The van der Waals surface area contributed by atoms with Gasteiger partial charge in [0.1, 0.15) is 12.4 Å². The average Bonchev–Trinajstić information content (AvgIpc) is 2.41. The van der Waals surface area contributed by atoms with Gasteiger partial charge in [0.05, 0.1) is 6.21 Å². The normalized spacial score (nSPS) is 10.5. The van der Waals surface area contributed by atoms with E-state index in [0.29, 0.717) is 17.9 Å². The van der Waals surface area contributed by atoms with Gasteiger partial charge in [-0.3, -0.25) is 0 Å². The molecule has 5 nitrogen and oxygen atoms in total. The van der Waals surface area contributed by atoms with Crippen LogP contribution in [-0.2, 0) is 4.84 Å². The van der Waals surface area contributed by atoms with Crippen LogP contribution in [0.15, 0.2) is 27.8 Å². The van der Waals surface area contributed by atoms with Crippen LogP contribution in [0.4, 0.5) is 4.79 Å². The minimum absolute atomic E-state index is 0.422. The summed E-state index contributed by atoms with van der Waals surface area (Å²) in [5, 5.41) is 6.25. The third kappa shape index (κ3) is 5.74. The van der Waals surface area contributed by atoms with Crippen LogP contribution in [-0.4, -0.2) is 26.0 Å². The molecule has 19 heavy (non-hydrogen) atoms. The Labute approximate surface area is 121 Å². The summed E-state index contributed by atoms with van der Waals surface area (Å²) in [5.41, 5.74) is 0.662. The zero-order chi connectivity index (χ0) is 14.1. The summed E-state index contributed by atoms with van der Waals surface area (Å²) in [4.78, 5) is 16.3. The van der Waals surface area contributed by atoms with Crippen molar-refractivity contribution in [2.24, 2.45) is 5.16 Å². The molecule has 0 spiro atoms. The predicted octanol–water partition coefficient (Wildman–Crippen LogP) is 3.32. The highest BCUT2D eigenvalue weighted by Gasteiger charge is 2.07. The van der Waals surface area contributed by atoms with Crippen molar-refractivity contribution in [3.05, 3.63) is 28.2 Å². The van der Waals surface area contributed by atoms with Gasteiger partial charge in [-0.05, 0) is 24.6 Å². The number of halogens is 1. The van der Waals surface area contributed by atoms with Crippen molar-refractivity contribution in [3.63, 3.8) is 0 Å². The Balaban J connectivity index is 2.73. The number of ether oxygens (including phenoxy) is 1. The first-order valence-electron chi connectivity index (χ1n) is 6.01. The molecule has 1 N–H and O–H groups in total. The Morgan fingerprint density at radius 1 is 1.53 bits per heavy atom. The molecule has 0 unspecified atom stereocenters. The highest BCUT2D eigenvalue weighted by molar-refractivity contribution is 9.10. The Kier molecular flexibility index (Phi) is 6.95. The molecule has 1 amide bonds. The van der Waals surface area contributed by atoms with Crippen molar-refractivity contribution in [3.8, 4) is 5.75 Å². The first kappa shape index (κ1) is 15.5. The molecule has 0 aliphatic rings. The topological polar surface area (TPSA) is 59.9 Å². The summed E-state index contributed by atoms with van der Waals surface area (Å²) < 4.78 is 5.98. The smallest absolute Gasteiger partial charge is 0.410 e. The van der Waals surface area contributed by atoms with Gasteiger partial charge >= 0.3 is 6.09 Å². The molecule has 0 saturated heterocycles. The molecule has 1 aromatic carbocycles. The molecule has 1 aromatic rings. The quantitative estimate of drug-likeness (QED) is 0.495. The number of hydrogen-bond acceptors (Lipinski definition) is 4. The molecule has 0 fully saturated rings. The number of unbranched alkanes of at least 4 members (excludes halogenated alkanes) is 1. The van der Waals surface area contributed by atoms with Crippen LogP contribution < -0.4 is 10.1 Å². The minimum Gasteiger partial charge on any atom is -0.410 e. The number of amides is 1. The minimum atomic E-state index is -0.524. The van der Waals surface area contributed by atoms with Gasteiger partial charge in [0.15, 0.2) is 0 Å². The average molecular weight is 329 g/mol. The maximum Gasteiger partial charge on any atom is 0.412 e. The molecule has 0 aromatic heterocycles. The second kappa shape index (κ2) is 8.53. The van der Waals surface area contributed by atoms with Crippen molar-refractivity contribution in [1.82, 2.24) is 5.32 Å². The largest absolute Gasteiger partial charge is 0.412 e. The molecule has 104 valence electrons. The SMILES string of the molecule is CCCCO/N=C/c1cc(Br)ccc1OC(=O)NC. The van der Waals surface area contributed by atoms with Crippen LogP contribution >= 0.6 is 15.9 Å². The van der Waals surface area contributed by atoms with Crippen molar-refractivity contribution in [1.29, 1.82) is 0 Å². The van der Waals surface area contributed by atoms with E-state index in [0.717, 1.165) is 17.3 Å². The summed E-state index contributed by atoms with van der Waals surface area (Å²) in [6.45, 7) is 2.66. The third-order valence-electron chi connectivity index (χ3n) is 2.23. The Morgan fingerprint density at radius 2 is 2.32 bits per heavy atom. The zero-order valence-electron chi connectivity index (χ0n) is 11.0. The monoisotopic (exact) mass is 328 g/mol. The number of carbonyl (C=O) groups is 1. The van der Waals surface area contributed by atoms with Crippen LogP contribution in [0, 0.1) is 0 Å². The Bertz CT molecular complexity index is 450. The number of rotatable bonds is 6. The lowest BCUT2D eigenvalue weighted by atomic mass is 10.2. The summed E-state index contributed by atoms with van der Waals surface area (Å²) in [6.07, 6.45) is 3.01. The van der Waals surface area contributed by atoms with E-state index in [-0.39, 0.29) is 0 Å². The molecule has 0 aliphatic heterocycles. The Hall–Kier alpha value is -1.56. The first-order valence-corrected chi connectivity index (χ1v) is 6.81. The van der Waals surface area contributed by atoms with E-state index in [9.17, 15) is 4.79 Å². The Morgan fingerprint density at radius 3 is 3.00 bits per heavy atom. The highest BCUT2D eigenvalue weighted by Crippen LogP contribution is 2.22. The van der Waals surface area contributed by atoms with Gasteiger partial charge in [-0.25, -0.2) is 4.79 Å². The number of hydrogen-bond donors (Lipinski definition) is 1. The zero-order valence-corrected chi connectivity index (χ0v) is 12.6. The van der Waals surface area contributed by atoms with E-state index in [4.69, 9.17) is 9.57 Å². The molecule has 0 radical (unpaired) electrons. The van der Waals surface area contributed by atoms with E-state index in [1.165, 1.54) is 13.3 Å². The molecular weight excluding hydrogens is 312 g/mol. The van der Waals surface area contributed by atoms with Gasteiger partial charge in [0.2, 0.25) is 0 Å². The van der Waals surface area contributed by atoms with Crippen molar-refractivity contribution >= 4 is 28.2 Å². The molecule has 6 heteroatoms. The lowest BCUT2D eigenvalue weighted by Gasteiger charge is -2.07. The molecule has 0 heterocycles. The van der Waals surface area contributed by atoms with Crippen LogP contribution in [0.1, 0.15) is 25.3 Å². The fourth-order valence-corrected chi connectivity index (χ4v) is 1.60. The second-order valence-corrected chi connectivity index (χ2v) is 4.66. The van der Waals surface area contributed by atoms with Gasteiger partial charge in [0.25, 0.3) is 0 Å². The van der Waals surface area contributed by atoms with Gasteiger partial charge in [-0.2, -0.15) is 0 Å². The van der Waals surface area contributed by atoms with E-state index in [1.54, 1.807) is 18.2 Å². The van der Waals surface area contributed by atoms with E-state index in [1.807, 2.05) is 0 Å². The summed E-state index contributed by atoms with van der Waals surface area (Å²) in [7, 11) is 1.50.